The number of aromatic nitrogens is 2. The summed E-state index contributed by atoms with van der Waals surface area (Å²) < 4.78 is 6.80. The van der Waals surface area contributed by atoms with E-state index in [9.17, 15) is 9.59 Å². The molecule has 0 aliphatic heterocycles. The average Bonchev–Trinajstić information content (AvgIpc) is 2.77. The van der Waals surface area contributed by atoms with Crippen LogP contribution >= 0.6 is 0 Å². The van der Waals surface area contributed by atoms with Gasteiger partial charge in [0, 0.05) is 6.92 Å². The Balaban J connectivity index is 2.57. The van der Waals surface area contributed by atoms with Crippen LogP contribution in [0.1, 0.15) is 47.3 Å². The predicted octanol–water partition coefficient (Wildman–Crippen LogP) is 2.95. The molecule has 1 aromatic carbocycles. The van der Waals surface area contributed by atoms with Gasteiger partial charge in [-0.3, -0.25) is 4.79 Å². The summed E-state index contributed by atoms with van der Waals surface area (Å²) in [5.74, 6) is -0.779. The lowest BCUT2D eigenvalue weighted by Crippen LogP contribution is -2.15. The van der Waals surface area contributed by atoms with Gasteiger partial charge >= 0.3 is 5.97 Å². The fourth-order valence-electron chi connectivity index (χ4n) is 2.09. The second-order valence-corrected chi connectivity index (χ2v) is 5.07. The molecule has 2 rings (SSSR count). The van der Waals surface area contributed by atoms with Crippen molar-refractivity contribution in [3.63, 3.8) is 0 Å². The standard InChI is InChI=1S/C16H18N2O3/c1-10(2)21-16(20)14-11(3)18(17-15(14)12(4)19)13-8-6-5-7-9-13/h5-10H,1-4H3. The molecule has 0 saturated heterocycles. The minimum atomic E-state index is -0.519. The lowest BCUT2D eigenvalue weighted by molar-refractivity contribution is 0.0374. The molecule has 1 heterocycles. The Morgan fingerprint density at radius 1 is 1.19 bits per heavy atom. The zero-order chi connectivity index (χ0) is 15.6. The van der Waals surface area contributed by atoms with Crippen molar-refractivity contribution >= 4 is 11.8 Å². The number of nitrogens with zero attached hydrogens (tertiary/aromatic N) is 2. The summed E-state index contributed by atoms with van der Waals surface area (Å²) in [7, 11) is 0. The molecule has 0 aliphatic carbocycles. The third kappa shape index (κ3) is 3.02. The van der Waals surface area contributed by atoms with E-state index in [2.05, 4.69) is 5.10 Å². The molecule has 0 amide bonds. The number of ether oxygens (including phenoxy) is 1. The van der Waals surface area contributed by atoms with Gasteiger partial charge in [0.25, 0.3) is 0 Å². The van der Waals surface area contributed by atoms with Gasteiger partial charge in [0.05, 0.1) is 17.5 Å². The Morgan fingerprint density at radius 3 is 2.33 bits per heavy atom. The number of para-hydroxylation sites is 1. The average molecular weight is 286 g/mol. The highest BCUT2D eigenvalue weighted by Crippen LogP contribution is 2.20. The van der Waals surface area contributed by atoms with Crippen molar-refractivity contribution in [3.8, 4) is 5.69 Å². The summed E-state index contributed by atoms with van der Waals surface area (Å²) >= 11 is 0. The lowest BCUT2D eigenvalue weighted by Gasteiger charge is -2.08. The van der Waals surface area contributed by atoms with E-state index in [-0.39, 0.29) is 23.1 Å². The van der Waals surface area contributed by atoms with Gasteiger partial charge in [-0.25, -0.2) is 9.48 Å². The number of esters is 1. The first-order valence-corrected chi connectivity index (χ1v) is 6.78. The van der Waals surface area contributed by atoms with Crippen LogP contribution in [0, 0.1) is 6.92 Å². The molecule has 5 nitrogen and oxygen atoms in total. The van der Waals surface area contributed by atoms with Crippen molar-refractivity contribution in [2.75, 3.05) is 0 Å². The molecular formula is C16H18N2O3. The maximum atomic E-state index is 12.2. The minimum absolute atomic E-state index is 0.141. The molecule has 1 aromatic heterocycles. The summed E-state index contributed by atoms with van der Waals surface area (Å²) in [5.41, 5.74) is 1.76. The van der Waals surface area contributed by atoms with Crippen molar-refractivity contribution in [3.05, 3.63) is 47.3 Å². The Bertz CT molecular complexity index is 672. The SMILES string of the molecule is CC(=O)c1nn(-c2ccccc2)c(C)c1C(=O)OC(C)C. The quantitative estimate of drug-likeness (QED) is 0.640. The molecule has 5 heteroatoms. The van der Waals surface area contributed by atoms with Crippen molar-refractivity contribution in [1.82, 2.24) is 9.78 Å². The van der Waals surface area contributed by atoms with E-state index in [1.54, 1.807) is 25.5 Å². The third-order valence-corrected chi connectivity index (χ3v) is 3.00. The van der Waals surface area contributed by atoms with Crippen molar-refractivity contribution in [1.29, 1.82) is 0 Å². The highest BCUT2D eigenvalue weighted by molar-refractivity contribution is 6.04. The van der Waals surface area contributed by atoms with Crippen LogP contribution in [0.5, 0.6) is 0 Å². The Morgan fingerprint density at radius 2 is 1.81 bits per heavy atom. The number of benzene rings is 1. The number of hydrogen-bond acceptors (Lipinski definition) is 4. The molecule has 0 N–H and O–H groups in total. The van der Waals surface area contributed by atoms with Crippen molar-refractivity contribution in [2.24, 2.45) is 0 Å². The molecule has 0 bridgehead atoms. The predicted molar refractivity (Wildman–Crippen MR) is 78.9 cm³/mol. The van der Waals surface area contributed by atoms with Crippen molar-refractivity contribution in [2.45, 2.75) is 33.8 Å². The van der Waals surface area contributed by atoms with Gasteiger partial charge in [-0.15, -0.1) is 0 Å². The largest absolute Gasteiger partial charge is 0.459 e. The Labute approximate surface area is 123 Å². The lowest BCUT2D eigenvalue weighted by atomic mass is 10.1. The minimum Gasteiger partial charge on any atom is -0.459 e. The summed E-state index contributed by atoms with van der Waals surface area (Å²) in [4.78, 5) is 24.0. The monoisotopic (exact) mass is 286 g/mol. The number of Topliss-reactive ketones (excluding diaryl/α,β-unsaturated/α-hetero) is 1. The van der Waals surface area contributed by atoms with E-state index in [0.717, 1.165) is 5.69 Å². The summed E-state index contributed by atoms with van der Waals surface area (Å²) in [6, 6.07) is 9.36. The van der Waals surface area contributed by atoms with Crippen LogP contribution in [-0.2, 0) is 4.74 Å². The number of carbonyl (C=O) groups excluding carboxylic acids is 2. The zero-order valence-corrected chi connectivity index (χ0v) is 12.6. The molecule has 21 heavy (non-hydrogen) atoms. The molecule has 0 saturated carbocycles. The molecule has 0 aliphatic rings. The van der Waals surface area contributed by atoms with Crippen LogP contribution in [-0.4, -0.2) is 27.6 Å². The second-order valence-electron chi connectivity index (χ2n) is 5.07. The fraction of sp³-hybridized carbons (Fsp3) is 0.312. The maximum Gasteiger partial charge on any atom is 0.342 e. The first kappa shape index (κ1) is 15.0. The number of rotatable bonds is 4. The van der Waals surface area contributed by atoms with E-state index in [4.69, 9.17) is 4.74 Å². The molecule has 0 fully saturated rings. The highest BCUT2D eigenvalue weighted by Gasteiger charge is 2.26. The topological polar surface area (TPSA) is 61.2 Å². The highest BCUT2D eigenvalue weighted by atomic mass is 16.5. The first-order chi connectivity index (χ1) is 9.91. The van der Waals surface area contributed by atoms with Crippen LogP contribution in [0.15, 0.2) is 30.3 Å². The number of hydrogen-bond donors (Lipinski definition) is 0. The van der Waals surface area contributed by atoms with Gasteiger partial charge in [-0.2, -0.15) is 5.10 Å². The van der Waals surface area contributed by atoms with Crippen LogP contribution in [0.2, 0.25) is 0 Å². The van der Waals surface area contributed by atoms with Crippen LogP contribution in [0.3, 0.4) is 0 Å². The van der Waals surface area contributed by atoms with Gasteiger partial charge in [-0.05, 0) is 32.9 Å². The fourth-order valence-corrected chi connectivity index (χ4v) is 2.09. The summed E-state index contributed by atoms with van der Waals surface area (Å²) in [6.45, 7) is 6.68. The maximum absolute atomic E-state index is 12.2. The molecule has 0 radical (unpaired) electrons. The smallest absolute Gasteiger partial charge is 0.342 e. The normalized spacial score (nSPS) is 10.7. The molecule has 0 unspecified atom stereocenters. The molecular weight excluding hydrogens is 268 g/mol. The van der Waals surface area contributed by atoms with Crippen LogP contribution < -0.4 is 0 Å². The molecule has 0 spiro atoms. The molecule has 110 valence electrons. The zero-order valence-electron chi connectivity index (χ0n) is 12.6. The van der Waals surface area contributed by atoms with Crippen LogP contribution in [0.25, 0.3) is 5.69 Å². The first-order valence-electron chi connectivity index (χ1n) is 6.78. The van der Waals surface area contributed by atoms with E-state index >= 15 is 0 Å². The summed E-state index contributed by atoms with van der Waals surface area (Å²) in [6.07, 6.45) is -0.253. The Kier molecular flexibility index (Phi) is 4.21. The Hall–Kier alpha value is -2.43. The van der Waals surface area contributed by atoms with Crippen molar-refractivity contribution < 1.29 is 14.3 Å². The van der Waals surface area contributed by atoms with Crippen LogP contribution in [0.4, 0.5) is 0 Å². The van der Waals surface area contributed by atoms with E-state index in [1.807, 2.05) is 30.3 Å². The number of carbonyl (C=O) groups is 2. The van der Waals surface area contributed by atoms with Gasteiger partial charge < -0.3 is 4.74 Å². The van der Waals surface area contributed by atoms with E-state index < -0.39 is 5.97 Å². The number of ketones is 1. The summed E-state index contributed by atoms with van der Waals surface area (Å²) in [5, 5.41) is 4.27. The molecule has 2 aromatic rings. The third-order valence-electron chi connectivity index (χ3n) is 3.00. The molecule has 0 atom stereocenters. The van der Waals surface area contributed by atoms with Gasteiger partial charge in [0.1, 0.15) is 11.3 Å². The van der Waals surface area contributed by atoms with Gasteiger partial charge in [-0.1, -0.05) is 18.2 Å². The van der Waals surface area contributed by atoms with Gasteiger partial charge in [0.15, 0.2) is 5.78 Å². The van der Waals surface area contributed by atoms with E-state index in [1.165, 1.54) is 6.92 Å². The second kappa shape index (κ2) is 5.91. The van der Waals surface area contributed by atoms with Gasteiger partial charge in [0.2, 0.25) is 0 Å². The van der Waals surface area contributed by atoms with E-state index in [0.29, 0.717) is 5.69 Å².